The summed E-state index contributed by atoms with van der Waals surface area (Å²) in [5.41, 5.74) is 3.18. The number of hydrogen-bond donors (Lipinski definition) is 0. The van der Waals surface area contributed by atoms with Crippen molar-refractivity contribution in [2.75, 3.05) is 6.79 Å². The lowest BCUT2D eigenvalue weighted by atomic mass is 10.0. The zero-order chi connectivity index (χ0) is 19.1. The van der Waals surface area contributed by atoms with Gasteiger partial charge < -0.3 is 9.47 Å². The van der Waals surface area contributed by atoms with E-state index in [1.807, 2.05) is 73.7 Å². The van der Waals surface area contributed by atoms with E-state index in [1.165, 1.54) is 0 Å². The Hall–Kier alpha value is -3.60. The topological polar surface area (TPSA) is 53.4 Å². The van der Waals surface area contributed by atoms with Gasteiger partial charge in [0, 0.05) is 6.42 Å². The van der Waals surface area contributed by atoms with Crippen molar-refractivity contribution in [1.29, 1.82) is 0 Å². The van der Waals surface area contributed by atoms with Gasteiger partial charge in [-0.15, -0.1) is 0 Å². The molecule has 28 heavy (non-hydrogen) atoms. The number of aryl methyl sites for hydroxylation is 1. The Morgan fingerprint density at radius 3 is 2.61 bits per heavy atom. The summed E-state index contributed by atoms with van der Waals surface area (Å²) < 4.78 is 12.6. The van der Waals surface area contributed by atoms with Gasteiger partial charge in [-0.25, -0.2) is 4.98 Å². The van der Waals surface area contributed by atoms with Crippen LogP contribution in [-0.4, -0.2) is 16.3 Å². The summed E-state index contributed by atoms with van der Waals surface area (Å²) in [5, 5.41) is 0.599. The highest BCUT2D eigenvalue weighted by Crippen LogP contribution is 2.37. The van der Waals surface area contributed by atoms with Crippen LogP contribution in [0, 0.1) is 0 Å². The van der Waals surface area contributed by atoms with Gasteiger partial charge in [-0.1, -0.05) is 43.3 Å². The first kappa shape index (κ1) is 16.6. The van der Waals surface area contributed by atoms with Crippen LogP contribution in [0.5, 0.6) is 11.5 Å². The van der Waals surface area contributed by atoms with Crippen LogP contribution in [-0.2, 0) is 6.42 Å². The number of benzene rings is 3. The Labute approximate surface area is 161 Å². The molecule has 4 aromatic rings. The van der Waals surface area contributed by atoms with E-state index in [9.17, 15) is 4.79 Å². The molecule has 3 aromatic carbocycles. The average molecular weight is 370 g/mol. The number of nitrogens with zero attached hydrogens (tertiary/aromatic N) is 2. The molecular formula is C23H18N2O3. The Balaban J connectivity index is 1.82. The fraction of sp³-hybridized carbons (Fsp3) is 0.130. The van der Waals surface area contributed by atoms with Gasteiger partial charge in [0.15, 0.2) is 11.5 Å². The van der Waals surface area contributed by atoms with Gasteiger partial charge in [0.1, 0.15) is 5.82 Å². The molecule has 1 aliphatic heterocycles. The first-order valence-corrected chi connectivity index (χ1v) is 9.26. The summed E-state index contributed by atoms with van der Waals surface area (Å²) in [4.78, 5) is 18.4. The van der Waals surface area contributed by atoms with E-state index in [4.69, 9.17) is 14.5 Å². The second-order valence-electron chi connectivity index (χ2n) is 6.63. The summed E-state index contributed by atoms with van der Waals surface area (Å²) in [6.45, 7) is 2.23. The minimum atomic E-state index is -0.0682. The van der Waals surface area contributed by atoms with Crippen molar-refractivity contribution in [3.05, 3.63) is 82.9 Å². The molecule has 0 saturated carbocycles. The van der Waals surface area contributed by atoms with Crippen LogP contribution >= 0.6 is 0 Å². The number of para-hydroxylation sites is 1. The highest BCUT2D eigenvalue weighted by molar-refractivity contribution is 5.94. The zero-order valence-electron chi connectivity index (χ0n) is 15.4. The van der Waals surface area contributed by atoms with Gasteiger partial charge in [0.25, 0.3) is 5.56 Å². The highest BCUT2D eigenvalue weighted by Gasteiger charge is 2.18. The van der Waals surface area contributed by atoms with E-state index in [-0.39, 0.29) is 12.4 Å². The van der Waals surface area contributed by atoms with Gasteiger partial charge in [-0.3, -0.25) is 9.36 Å². The number of ether oxygens (including phenoxy) is 2. The monoisotopic (exact) mass is 370 g/mol. The quantitative estimate of drug-likeness (QED) is 0.538. The first-order chi connectivity index (χ1) is 13.8. The molecule has 0 unspecified atom stereocenters. The van der Waals surface area contributed by atoms with E-state index < -0.39 is 0 Å². The van der Waals surface area contributed by atoms with E-state index in [2.05, 4.69) is 0 Å². The van der Waals surface area contributed by atoms with Gasteiger partial charge >= 0.3 is 0 Å². The Morgan fingerprint density at radius 2 is 1.79 bits per heavy atom. The Morgan fingerprint density at radius 1 is 0.964 bits per heavy atom. The molecule has 0 atom stereocenters. The maximum Gasteiger partial charge on any atom is 0.266 e. The van der Waals surface area contributed by atoms with Crippen molar-refractivity contribution in [3.8, 4) is 28.3 Å². The lowest BCUT2D eigenvalue weighted by Gasteiger charge is -2.14. The Bertz CT molecular complexity index is 1250. The van der Waals surface area contributed by atoms with Crippen LogP contribution in [0.15, 0.2) is 71.5 Å². The van der Waals surface area contributed by atoms with E-state index in [0.29, 0.717) is 23.1 Å². The second-order valence-corrected chi connectivity index (χ2v) is 6.63. The van der Waals surface area contributed by atoms with Crippen molar-refractivity contribution in [3.63, 3.8) is 0 Å². The van der Waals surface area contributed by atoms with Crippen LogP contribution in [0.2, 0.25) is 0 Å². The number of hydrogen-bond acceptors (Lipinski definition) is 4. The van der Waals surface area contributed by atoms with Crippen LogP contribution in [0.3, 0.4) is 0 Å². The van der Waals surface area contributed by atoms with Crippen LogP contribution in [0.1, 0.15) is 12.7 Å². The molecule has 0 fully saturated rings. The molecule has 0 saturated heterocycles. The van der Waals surface area contributed by atoms with Gasteiger partial charge in [0.05, 0.1) is 16.6 Å². The molecule has 0 aliphatic carbocycles. The molecule has 0 N–H and O–H groups in total. The third-order valence-electron chi connectivity index (χ3n) is 4.98. The fourth-order valence-corrected chi connectivity index (χ4v) is 3.66. The Kier molecular flexibility index (Phi) is 3.86. The van der Waals surface area contributed by atoms with Gasteiger partial charge in [-0.05, 0) is 41.5 Å². The normalized spacial score (nSPS) is 12.5. The third kappa shape index (κ3) is 2.55. The minimum absolute atomic E-state index is 0.0682. The minimum Gasteiger partial charge on any atom is -0.454 e. The molecule has 0 amide bonds. The molecule has 5 nitrogen and oxygen atoms in total. The summed E-state index contributed by atoms with van der Waals surface area (Å²) >= 11 is 0. The molecule has 0 spiro atoms. The molecule has 0 radical (unpaired) electrons. The highest BCUT2D eigenvalue weighted by atomic mass is 16.7. The summed E-state index contributed by atoms with van der Waals surface area (Å²) in [5.74, 6) is 2.15. The molecule has 5 heteroatoms. The molecule has 1 aromatic heterocycles. The summed E-state index contributed by atoms with van der Waals surface area (Å²) in [6, 6.07) is 21.2. The average Bonchev–Trinajstić information content (AvgIpc) is 3.21. The molecule has 2 heterocycles. The SMILES string of the molecule is CCc1nc2cccc(-c3ccc4c(c3)OCO4)c2c(=O)n1-c1ccccc1. The van der Waals surface area contributed by atoms with E-state index in [0.717, 1.165) is 28.4 Å². The second kappa shape index (κ2) is 6.53. The van der Waals surface area contributed by atoms with Crippen LogP contribution in [0.25, 0.3) is 27.7 Å². The lowest BCUT2D eigenvalue weighted by Crippen LogP contribution is -2.24. The molecule has 1 aliphatic rings. The first-order valence-electron chi connectivity index (χ1n) is 9.26. The predicted molar refractivity (Wildman–Crippen MR) is 108 cm³/mol. The van der Waals surface area contributed by atoms with Crippen molar-refractivity contribution in [2.45, 2.75) is 13.3 Å². The molecule has 0 bridgehead atoms. The van der Waals surface area contributed by atoms with E-state index >= 15 is 0 Å². The molecule has 138 valence electrons. The number of fused-ring (bicyclic) bond motifs is 2. The zero-order valence-corrected chi connectivity index (χ0v) is 15.4. The summed E-state index contributed by atoms with van der Waals surface area (Å²) in [7, 11) is 0. The number of rotatable bonds is 3. The standard InChI is InChI=1S/C23H18N2O3/c1-2-21-24-18-10-6-9-17(15-11-12-19-20(13-15)28-14-27-19)22(18)23(26)25(21)16-7-4-3-5-8-16/h3-13H,2,14H2,1H3. The fourth-order valence-electron chi connectivity index (χ4n) is 3.66. The number of aromatic nitrogens is 2. The van der Waals surface area contributed by atoms with Crippen LogP contribution < -0.4 is 15.0 Å². The van der Waals surface area contributed by atoms with Crippen molar-refractivity contribution in [1.82, 2.24) is 9.55 Å². The lowest BCUT2D eigenvalue weighted by molar-refractivity contribution is 0.174. The van der Waals surface area contributed by atoms with Crippen molar-refractivity contribution >= 4 is 10.9 Å². The smallest absolute Gasteiger partial charge is 0.266 e. The van der Waals surface area contributed by atoms with Crippen LogP contribution in [0.4, 0.5) is 0 Å². The molecular weight excluding hydrogens is 352 g/mol. The van der Waals surface area contributed by atoms with Crippen molar-refractivity contribution in [2.24, 2.45) is 0 Å². The van der Waals surface area contributed by atoms with Gasteiger partial charge in [0.2, 0.25) is 6.79 Å². The summed E-state index contributed by atoms with van der Waals surface area (Å²) in [6.07, 6.45) is 0.661. The maximum absolute atomic E-state index is 13.6. The van der Waals surface area contributed by atoms with E-state index in [1.54, 1.807) is 4.57 Å². The largest absolute Gasteiger partial charge is 0.454 e. The third-order valence-corrected chi connectivity index (χ3v) is 4.98. The van der Waals surface area contributed by atoms with Gasteiger partial charge in [-0.2, -0.15) is 0 Å². The predicted octanol–water partition coefficient (Wildman–Crippen LogP) is 4.34. The van der Waals surface area contributed by atoms with Crippen molar-refractivity contribution < 1.29 is 9.47 Å². The molecule has 5 rings (SSSR count). The maximum atomic E-state index is 13.6.